The van der Waals surface area contributed by atoms with Crippen LogP contribution in [-0.2, 0) is 47.4 Å². The summed E-state index contributed by atoms with van der Waals surface area (Å²) in [5.74, 6) is -3.33. The number of carbonyl (C=O) groups is 3. The maximum atomic E-state index is 15.3. The fourth-order valence-corrected chi connectivity index (χ4v) is 12.0. The molecule has 3 aromatic rings. The number of benzene rings is 3. The zero-order chi connectivity index (χ0) is 42.0. The van der Waals surface area contributed by atoms with E-state index in [0.29, 0.717) is 18.6 Å². The molecule has 312 valence electrons. The number of aryl methyl sites for hydroxylation is 1. The van der Waals surface area contributed by atoms with Gasteiger partial charge in [0.1, 0.15) is 17.2 Å². The average Bonchev–Trinajstić information content (AvgIpc) is 3.69. The van der Waals surface area contributed by atoms with E-state index >= 15 is 4.39 Å². The fraction of sp³-hybridized carbons (Fsp3) is 0.488. The lowest BCUT2D eigenvalue weighted by molar-refractivity contribution is -0.348. The summed E-state index contributed by atoms with van der Waals surface area (Å²) in [4.78, 5) is 43.4. The first-order valence-electron chi connectivity index (χ1n) is 19.0. The predicted molar refractivity (Wildman–Crippen MR) is 192 cm³/mol. The van der Waals surface area contributed by atoms with Gasteiger partial charge in [0, 0.05) is 23.9 Å². The first kappa shape index (κ1) is 41.6. The second kappa shape index (κ2) is 14.9. The molecular formula is C41H40F8N2O6S. The smallest absolute Gasteiger partial charge is 0.435 e. The van der Waals surface area contributed by atoms with Crippen LogP contribution in [0.5, 0.6) is 0 Å². The van der Waals surface area contributed by atoms with Gasteiger partial charge in [0.2, 0.25) is 11.8 Å². The summed E-state index contributed by atoms with van der Waals surface area (Å²) < 4.78 is 145. The molecule has 3 aromatic carbocycles. The van der Waals surface area contributed by atoms with E-state index in [0.717, 1.165) is 40.8 Å². The number of amides is 3. The van der Waals surface area contributed by atoms with E-state index < -0.39 is 91.7 Å². The highest BCUT2D eigenvalue weighted by Gasteiger charge is 2.74. The quantitative estimate of drug-likeness (QED) is 0.175. The maximum absolute atomic E-state index is 15.3. The van der Waals surface area contributed by atoms with Gasteiger partial charge >= 0.3 is 24.1 Å². The number of sulfone groups is 1. The minimum Gasteiger partial charge on any atom is -0.447 e. The first-order chi connectivity index (χ1) is 27.2. The van der Waals surface area contributed by atoms with Crippen LogP contribution in [0.15, 0.2) is 77.7 Å². The summed E-state index contributed by atoms with van der Waals surface area (Å²) in [5, 5.41) is 0. The van der Waals surface area contributed by atoms with Crippen LogP contribution in [0, 0.1) is 23.6 Å². The molecule has 6 atom stereocenters. The number of nitrogens with zero attached hydrogens (tertiary/aromatic N) is 2. The average molecular weight is 841 g/mol. The van der Waals surface area contributed by atoms with Crippen LogP contribution in [-0.4, -0.2) is 73.7 Å². The Hall–Kier alpha value is -4.54. The summed E-state index contributed by atoms with van der Waals surface area (Å²) in [6.07, 6.45) is -13.0. The van der Waals surface area contributed by atoms with Crippen molar-refractivity contribution in [1.82, 2.24) is 9.80 Å². The third-order valence-corrected chi connectivity index (χ3v) is 15.1. The Morgan fingerprint density at radius 1 is 0.879 bits per heavy atom. The Kier molecular flexibility index (Phi) is 10.7. The van der Waals surface area contributed by atoms with Crippen molar-refractivity contribution < 1.29 is 62.7 Å². The topological polar surface area (TPSA) is 101 Å². The summed E-state index contributed by atoms with van der Waals surface area (Å²) in [7, 11) is -4.68. The van der Waals surface area contributed by atoms with Gasteiger partial charge in [-0.3, -0.25) is 9.59 Å². The van der Waals surface area contributed by atoms with Gasteiger partial charge in [-0.1, -0.05) is 55.5 Å². The molecule has 0 spiro atoms. The zero-order valence-corrected chi connectivity index (χ0v) is 32.0. The summed E-state index contributed by atoms with van der Waals surface area (Å²) in [5.41, 5.74) is -6.99. The standard InChI is InChI=1S/C41H40F8N2O6S/c1-24-20-27(10-16-32(24)36(53)51-30(23-57-37(51)54)21-25-6-3-2-4-7-25)35(52)50-19-18-38(58(55,56)31-14-12-29(42)13-15-31)33-17-11-28(22-26(33)8-5-9-34(38)50)39(43,40(44,45)46)41(47,48)49/h2-4,6-7,11-15,17,22,24,27,30,32,34H,5,8-10,16,18-21,23H2,1H3/t24-,27-,30-,32-,34-,38-/m1/s1. The molecule has 0 N–H and O–H groups in total. The Bertz CT molecular complexity index is 2170. The Labute approximate surface area is 329 Å². The third-order valence-electron chi connectivity index (χ3n) is 12.5. The van der Waals surface area contributed by atoms with E-state index in [-0.39, 0.29) is 74.1 Å². The molecule has 2 aliphatic heterocycles. The molecule has 3 amide bonds. The molecule has 0 unspecified atom stereocenters. The minimum absolute atomic E-state index is 0.0244. The van der Waals surface area contributed by atoms with E-state index in [2.05, 4.69) is 0 Å². The van der Waals surface area contributed by atoms with Crippen molar-refractivity contribution in [2.45, 2.75) is 98.0 Å². The third kappa shape index (κ3) is 6.74. The fourth-order valence-electron chi connectivity index (χ4n) is 9.68. The lowest BCUT2D eigenvalue weighted by atomic mass is 9.73. The maximum Gasteiger partial charge on any atom is 0.435 e. The molecule has 4 aliphatic rings. The van der Waals surface area contributed by atoms with E-state index in [4.69, 9.17) is 4.74 Å². The SMILES string of the molecule is C[C@@H]1C[C@H](C(=O)N2CC[C@@]3(S(=O)(=O)c4ccc(F)cc4)c4ccc(C(F)(C(F)(F)F)C(F)(F)F)cc4CCC[C@@H]23)CC[C@H]1C(=O)N1C(=O)OC[C@H]1Cc1ccccc1. The van der Waals surface area contributed by atoms with Gasteiger partial charge < -0.3 is 9.64 Å². The van der Waals surface area contributed by atoms with Gasteiger partial charge in [-0.25, -0.2) is 26.9 Å². The normalized spacial score (nSPS) is 26.8. The largest absolute Gasteiger partial charge is 0.447 e. The van der Waals surface area contributed by atoms with Crippen molar-refractivity contribution in [3.8, 4) is 0 Å². The first-order valence-corrected chi connectivity index (χ1v) is 20.5. The molecule has 7 rings (SSSR count). The molecule has 8 nitrogen and oxygen atoms in total. The van der Waals surface area contributed by atoms with Crippen molar-refractivity contribution in [3.63, 3.8) is 0 Å². The molecule has 17 heteroatoms. The molecule has 2 aliphatic carbocycles. The summed E-state index contributed by atoms with van der Waals surface area (Å²) >= 11 is 0. The van der Waals surface area contributed by atoms with Crippen molar-refractivity contribution in [2.75, 3.05) is 13.2 Å². The summed E-state index contributed by atoms with van der Waals surface area (Å²) in [6, 6.07) is 12.9. The second-order valence-electron chi connectivity index (χ2n) is 15.8. The van der Waals surface area contributed by atoms with Crippen LogP contribution < -0.4 is 0 Å². The van der Waals surface area contributed by atoms with Gasteiger partial charge in [-0.05, 0) is 98.2 Å². The molecule has 2 saturated heterocycles. The highest BCUT2D eigenvalue weighted by molar-refractivity contribution is 7.92. The molecule has 0 radical (unpaired) electrons. The number of imide groups is 1. The summed E-state index contributed by atoms with van der Waals surface area (Å²) in [6.45, 7) is 1.66. The van der Waals surface area contributed by atoms with Gasteiger partial charge in [0.25, 0.3) is 0 Å². The number of fused-ring (bicyclic) bond motifs is 3. The van der Waals surface area contributed by atoms with Crippen LogP contribution in [0.25, 0.3) is 0 Å². The lowest BCUT2D eigenvalue weighted by Crippen LogP contribution is -2.52. The van der Waals surface area contributed by atoms with Crippen molar-refractivity contribution >= 4 is 27.7 Å². The van der Waals surface area contributed by atoms with Crippen LogP contribution in [0.3, 0.4) is 0 Å². The number of cyclic esters (lactones) is 1. The Morgan fingerprint density at radius 2 is 1.55 bits per heavy atom. The predicted octanol–water partition coefficient (Wildman–Crippen LogP) is 8.36. The van der Waals surface area contributed by atoms with Crippen molar-refractivity contribution in [3.05, 3.63) is 101 Å². The van der Waals surface area contributed by atoms with Crippen LogP contribution in [0.4, 0.5) is 39.9 Å². The lowest BCUT2D eigenvalue weighted by Gasteiger charge is -2.40. The van der Waals surface area contributed by atoms with Gasteiger partial charge in [0.15, 0.2) is 9.84 Å². The van der Waals surface area contributed by atoms with Gasteiger partial charge in [-0.15, -0.1) is 0 Å². The van der Waals surface area contributed by atoms with Crippen molar-refractivity contribution in [1.29, 1.82) is 0 Å². The molecule has 0 bridgehead atoms. The van der Waals surface area contributed by atoms with Gasteiger partial charge in [-0.2, -0.15) is 26.3 Å². The molecule has 2 heterocycles. The van der Waals surface area contributed by atoms with E-state index in [9.17, 15) is 53.5 Å². The molecule has 3 fully saturated rings. The number of carbonyl (C=O) groups excluding carboxylic acids is 3. The highest BCUT2D eigenvalue weighted by atomic mass is 32.2. The van der Waals surface area contributed by atoms with Crippen molar-refractivity contribution in [2.24, 2.45) is 17.8 Å². The number of rotatable bonds is 7. The Morgan fingerprint density at radius 3 is 2.19 bits per heavy atom. The number of halogens is 8. The molecule has 0 aromatic heterocycles. The molecule has 58 heavy (non-hydrogen) atoms. The molecule has 1 saturated carbocycles. The number of ether oxygens (including phenoxy) is 1. The number of hydrogen-bond donors (Lipinski definition) is 0. The van der Waals surface area contributed by atoms with E-state index in [1.54, 1.807) is 6.92 Å². The monoisotopic (exact) mass is 840 g/mol. The van der Waals surface area contributed by atoms with Crippen LogP contribution in [0.2, 0.25) is 0 Å². The highest BCUT2D eigenvalue weighted by Crippen LogP contribution is 2.56. The number of hydrogen-bond acceptors (Lipinski definition) is 6. The molecular weight excluding hydrogens is 801 g/mol. The van der Waals surface area contributed by atoms with Crippen LogP contribution in [0.1, 0.15) is 67.7 Å². The number of alkyl halides is 7. The van der Waals surface area contributed by atoms with Gasteiger partial charge in [0.05, 0.1) is 17.0 Å². The second-order valence-corrected chi connectivity index (χ2v) is 18.0. The minimum atomic E-state index is -6.40. The number of likely N-dealkylation sites (tertiary alicyclic amines) is 1. The Balaban J connectivity index is 1.19. The van der Waals surface area contributed by atoms with E-state index in [1.165, 1.54) is 4.90 Å². The zero-order valence-electron chi connectivity index (χ0n) is 31.2. The van der Waals surface area contributed by atoms with Crippen LogP contribution >= 0.6 is 0 Å². The van der Waals surface area contributed by atoms with E-state index in [1.807, 2.05) is 30.3 Å².